The van der Waals surface area contributed by atoms with E-state index in [1.165, 1.54) is 48.5 Å². The molecule has 366 valence electrons. The van der Waals surface area contributed by atoms with Gasteiger partial charge in [-0.15, -0.1) is 0 Å². The molecule has 2 heterocycles. The van der Waals surface area contributed by atoms with Crippen molar-refractivity contribution >= 4 is 59.2 Å². The van der Waals surface area contributed by atoms with E-state index >= 15 is 0 Å². The minimum absolute atomic E-state index is 0.0416. The lowest BCUT2D eigenvalue weighted by Crippen LogP contribution is -2.44. The fraction of sp³-hybridized carbons (Fsp3) is 0.280. The third kappa shape index (κ3) is 15.3. The molecule has 4 unspecified atom stereocenters. The van der Waals surface area contributed by atoms with Crippen LogP contribution in [0.2, 0.25) is 0 Å². The first-order chi connectivity index (χ1) is 33.9. The van der Waals surface area contributed by atoms with Crippen LogP contribution in [0.1, 0.15) is 67.1 Å². The molecule has 0 spiro atoms. The van der Waals surface area contributed by atoms with Gasteiger partial charge in [0.1, 0.15) is 23.7 Å². The molecule has 0 saturated carbocycles. The fourth-order valence-corrected chi connectivity index (χ4v) is 6.82. The SMILES string of the molecule is C=CC(=O)OCCCCNC(=O)Nc1ccc(C(=O)Nc2ccc(C(=O)NC3COC4C(OC(=O)c5ccc(OC(=O)c6ccc(OC(=N)OCCCCOC(=O)C=C)cc6)cc5)COC34)cc2)cc1. The van der Waals surface area contributed by atoms with Crippen LogP contribution in [0.4, 0.5) is 16.2 Å². The standard InChI is InChI=1S/C50H51N5O15/c1-3-41(56)63-26-6-5-25-52-50(62)54-36-19-11-31(12-20-36)45(58)53-35-17-9-32(10-18-35)46(59)55-39-29-66-44-40(30-67-43(39)44)70-48(61)34-13-21-37(22-14-34)68-47(60)33-15-23-38(24-16-33)69-49(51)65-28-8-7-27-64-42(57)4-2/h3-4,9-24,39-40,43-44,51H,1-2,5-8,25-30H2,(H,53,58)(H,55,59)(H2,52,54,62). The van der Waals surface area contributed by atoms with Gasteiger partial charge < -0.3 is 59.2 Å². The van der Waals surface area contributed by atoms with Crippen molar-refractivity contribution in [1.82, 2.24) is 10.6 Å². The second-order valence-electron chi connectivity index (χ2n) is 15.4. The number of benzene rings is 4. The molecule has 0 radical (unpaired) electrons. The number of anilines is 2. The van der Waals surface area contributed by atoms with Gasteiger partial charge in [0.05, 0.1) is 50.2 Å². The molecule has 20 heteroatoms. The molecule has 2 saturated heterocycles. The summed E-state index contributed by atoms with van der Waals surface area (Å²) in [6, 6.07) is 23.3. The lowest BCUT2D eigenvalue weighted by atomic mass is 10.1. The number of unbranched alkanes of at least 4 members (excludes halogenated alkanes) is 2. The molecule has 4 aromatic carbocycles. The van der Waals surface area contributed by atoms with E-state index < -0.39 is 72.2 Å². The van der Waals surface area contributed by atoms with Crippen LogP contribution >= 0.6 is 0 Å². The molecule has 4 atom stereocenters. The number of carbonyl (C=O) groups is 7. The molecular weight excluding hydrogens is 911 g/mol. The molecule has 0 aliphatic carbocycles. The Kier molecular flexibility index (Phi) is 18.7. The van der Waals surface area contributed by atoms with E-state index in [2.05, 4.69) is 34.4 Å². The molecular formula is C50H51N5O15. The fourth-order valence-electron chi connectivity index (χ4n) is 6.82. The minimum atomic E-state index is -0.751. The molecule has 5 N–H and O–H groups in total. The molecule has 2 fully saturated rings. The Morgan fingerprint density at radius 1 is 0.571 bits per heavy atom. The average molecular weight is 962 g/mol. The molecule has 0 aromatic heterocycles. The van der Waals surface area contributed by atoms with E-state index in [1.807, 2.05) is 0 Å². The topological polar surface area (TPSA) is 265 Å². The quantitative estimate of drug-likeness (QED) is 0.0119. The van der Waals surface area contributed by atoms with Crippen molar-refractivity contribution in [3.05, 3.63) is 145 Å². The van der Waals surface area contributed by atoms with Crippen molar-refractivity contribution in [2.75, 3.05) is 50.2 Å². The normalized spacial score (nSPS) is 16.5. The smallest absolute Gasteiger partial charge is 0.386 e. The van der Waals surface area contributed by atoms with E-state index in [9.17, 15) is 33.6 Å². The molecule has 4 aromatic rings. The highest BCUT2D eigenvalue weighted by Gasteiger charge is 2.50. The molecule has 0 bridgehead atoms. The maximum Gasteiger partial charge on any atom is 0.386 e. The van der Waals surface area contributed by atoms with Gasteiger partial charge in [-0.2, -0.15) is 0 Å². The summed E-state index contributed by atoms with van der Waals surface area (Å²) >= 11 is 0. The van der Waals surface area contributed by atoms with Gasteiger partial charge in [-0.3, -0.25) is 9.59 Å². The van der Waals surface area contributed by atoms with Gasteiger partial charge in [-0.1, -0.05) is 13.2 Å². The molecule has 2 aliphatic rings. The second-order valence-corrected chi connectivity index (χ2v) is 15.4. The molecule has 2 aliphatic heterocycles. The maximum atomic E-state index is 13.2. The van der Waals surface area contributed by atoms with Crippen LogP contribution in [0.5, 0.6) is 11.5 Å². The minimum Gasteiger partial charge on any atom is -0.463 e. The number of nitrogens with one attached hydrogen (secondary N) is 5. The van der Waals surface area contributed by atoms with Crippen LogP contribution in [0.25, 0.3) is 0 Å². The summed E-state index contributed by atoms with van der Waals surface area (Å²) in [6.07, 6.45) is 2.02. The van der Waals surface area contributed by atoms with Crippen LogP contribution in [-0.4, -0.2) is 112 Å². The number of carbonyl (C=O) groups excluding carboxylic acids is 7. The number of hydrogen-bond donors (Lipinski definition) is 5. The summed E-state index contributed by atoms with van der Waals surface area (Å²) in [7, 11) is 0. The monoisotopic (exact) mass is 961 g/mol. The summed E-state index contributed by atoms with van der Waals surface area (Å²) in [5.41, 5.74) is 1.98. The first kappa shape index (κ1) is 51.0. The van der Waals surface area contributed by atoms with Gasteiger partial charge in [0.2, 0.25) is 0 Å². The van der Waals surface area contributed by atoms with Crippen LogP contribution in [0.15, 0.2) is 122 Å². The first-order valence-electron chi connectivity index (χ1n) is 22.1. The number of amides is 4. The van der Waals surface area contributed by atoms with Crippen molar-refractivity contribution in [1.29, 1.82) is 5.41 Å². The van der Waals surface area contributed by atoms with Crippen LogP contribution < -0.4 is 30.7 Å². The van der Waals surface area contributed by atoms with Crippen molar-refractivity contribution in [2.45, 2.75) is 50.0 Å². The Balaban J connectivity index is 0.876. The zero-order chi connectivity index (χ0) is 49.8. The lowest BCUT2D eigenvalue weighted by molar-refractivity contribution is -0.138. The maximum absolute atomic E-state index is 13.2. The Morgan fingerprint density at radius 3 is 1.67 bits per heavy atom. The van der Waals surface area contributed by atoms with Gasteiger partial charge in [-0.25, -0.2) is 29.4 Å². The summed E-state index contributed by atoms with van der Waals surface area (Å²) < 4.78 is 43.3. The number of rotatable bonds is 22. The van der Waals surface area contributed by atoms with Crippen LogP contribution in [0, 0.1) is 5.41 Å². The van der Waals surface area contributed by atoms with Gasteiger partial charge in [0.25, 0.3) is 11.8 Å². The number of ether oxygens (including phenoxy) is 8. The van der Waals surface area contributed by atoms with Gasteiger partial charge in [0.15, 0.2) is 6.10 Å². The zero-order valence-corrected chi connectivity index (χ0v) is 37.8. The summed E-state index contributed by atoms with van der Waals surface area (Å²) in [5.74, 6) is -2.69. The number of esters is 4. The van der Waals surface area contributed by atoms with E-state index in [0.717, 1.165) is 12.2 Å². The third-order valence-electron chi connectivity index (χ3n) is 10.4. The summed E-state index contributed by atoms with van der Waals surface area (Å²) in [6.45, 7) is 7.80. The molecule has 4 amide bonds. The first-order valence-corrected chi connectivity index (χ1v) is 22.1. The highest BCUT2D eigenvalue weighted by molar-refractivity contribution is 6.05. The highest BCUT2D eigenvalue weighted by Crippen LogP contribution is 2.30. The number of urea groups is 1. The molecule has 70 heavy (non-hydrogen) atoms. The van der Waals surface area contributed by atoms with Crippen molar-refractivity contribution in [3.8, 4) is 11.5 Å². The Hall–Kier alpha value is -8.36. The molecule has 20 nitrogen and oxygen atoms in total. The van der Waals surface area contributed by atoms with E-state index in [0.29, 0.717) is 54.7 Å². The highest BCUT2D eigenvalue weighted by atomic mass is 16.7. The van der Waals surface area contributed by atoms with Crippen LogP contribution in [0.3, 0.4) is 0 Å². The van der Waals surface area contributed by atoms with Gasteiger partial charge in [-0.05, 0) is 123 Å². The predicted octanol–water partition coefficient (Wildman–Crippen LogP) is 5.75. The Labute approximate surface area is 402 Å². The van der Waals surface area contributed by atoms with Crippen molar-refractivity contribution in [2.24, 2.45) is 0 Å². The van der Waals surface area contributed by atoms with Crippen molar-refractivity contribution < 1.29 is 71.5 Å². The average Bonchev–Trinajstić information content (AvgIpc) is 3.96. The predicted molar refractivity (Wildman–Crippen MR) is 251 cm³/mol. The van der Waals surface area contributed by atoms with E-state index in [-0.39, 0.29) is 55.7 Å². The number of fused-ring (bicyclic) bond motifs is 1. The second kappa shape index (κ2) is 25.7. The van der Waals surface area contributed by atoms with Gasteiger partial charge in [0, 0.05) is 41.2 Å². The van der Waals surface area contributed by atoms with Gasteiger partial charge >= 0.3 is 36.0 Å². The lowest BCUT2D eigenvalue weighted by Gasteiger charge is -2.18. The Morgan fingerprint density at radius 2 is 1.07 bits per heavy atom. The summed E-state index contributed by atoms with van der Waals surface area (Å²) in [5, 5.41) is 18.9. The Bertz CT molecular complexity index is 2340. The molecule has 6 rings (SSSR count). The largest absolute Gasteiger partial charge is 0.463 e. The zero-order valence-electron chi connectivity index (χ0n) is 37.8. The number of hydrogen-bond acceptors (Lipinski definition) is 16. The summed E-state index contributed by atoms with van der Waals surface area (Å²) in [4.78, 5) is 86.3. The van der Waals surface area contributed by atoms with E-state index in [1.54, 1.807) is 48.5 Å². The van der Waals surface area contributed by atoms with E-state index in [4.69, 9.17) is 43.3 Å². The van der Waals surface area contributed by atoms with Crippen molar-refractivity contribution in [3.63, 3.8) is 0 Å². The van der Waals surface area contributed by atoms with Crippen LogP contribution in [-0.2, 0) is 38.0 Å². The third-order valence-corrected chi connectivity index (χ3v) is 10.4.